The van der Waals surface area contributed by atoms with Crippen molar-refractivity contribution < 1.29 is 22.3 Å². The lowest BCUT2D eigenvalue weighted by Gasteiger charge is -2.07. The molecule has 0 N–H and O–H groups in total. The molecule has 8 heteroatoms. The fourth-order valence-corrected chi connectivity index (χ4v) is 3.66. The second-order valence-electron chi connectivity index (χ2n) is 5.02. The molecule has 0 atom stereocenters. The topological polar surface area (TPSA) is 78.3 Å². The second kappa shape index (κ2) is 5.20. The number of halogens is 1. The summed E-state index contributed by atoms with van der Waals surface area (Å²) in [5.74, 6) is -0.856. The van der Waals surface area contributed by atoms with Gasteiger partial charge in [0.25, 0.3) is 10.0 Å². The van der Waals surface area contributed by atoms with Crippen molar-refractivity contribution in [2.75, 3.05) is 7.11 Å². The maximum Gasteiger partial charge on any atom is 0.256 e. The van der Waals surface area contributed by atoms with Gasteiger partial charge in [-0.05, 0) is 31.0 Å². The molecule has 1 saturated carbocycles. The predicted octanol–water partition coefficient (Wildman–Crippen LogP) is 1.85. The molecule has 1 aliphatic carbocycles. The molecule has 0 saturated heterocycles. The monoisotopic (exact) mass is 324 g/mol. The van der Waals surface area contributed by atoms with Crippen LogP contribution >= 0.6 is 0 Å². The van der Waals surface area contributed by atoms with Gasteiger partial charge in [0.2, 0.25) is 0 Å². The van der Waals surface area contributed by atoms with Crippen LogP contribution in [0.15, 0.2) is 24.4 Å². The highest BCUT2D eigenvalue weighted by Crippen LogP contribution is 2.31. The van der Waals surface area contributed by atoms with Crippen LogP contribution in [-0.4, -0.2) is 36.2 Å². The number of carbonyl (C=O) groups excluding carboxylic acids is 1. The van der Waals surface area contributed by atoms with Gasteiger partial charge in [0, 0.05) is 11.8 Å². The zero-order valence-electron chi connectivity index (χ0n) is 11.7. The Hall–Kier alpha value is -2.22. The van der Waals surface area contributed by atoms with E-state index in [1.807, 2.05) is 0 Å². The van der Waals surface area contributed by atoms with Crippen LogP contribution < -0.4 is 4.74 Å². The molecule has 0 amide bonds. The molecule has 0 unspecified atom stereocenters. The van der Waals surface area contributed by atoms with Crippen LogP contribution in [0.25, 0.3) is 11.3 Å². The molecule has 6 nitrogen and oxygen atoms in total. The van der Waals surface area contributed by atoms with Crippen molar-refractivity contribution in [3.63, 3.8) is 0 Å². The summed E-state index contributed by atoms with van der Waals surface area (Å²) in [5, 5.41) is 3.60. The number of hydrogen-bond acceptors (Lipinski definition) is 5. The molecule has 1 aliphatic rings. The maximum atomic E-state index is 13.9. The number of nitrogens with zero attached hydrogens (tertiary/aromatic N) is 2. The molecule has 1 heterocycles. The van der Waals surface area contributed by atoms with E-state index in [2.05, 4.69) is 5.10 Å². The Balaban J connectivity index is 2.04. The van der Waals surface area contributed by atoms with Gasteiger partial charge in [-0.3, -0.25) is 4.79 Å². The van der Waals surface area contributed by atoms with E-state index in [-0.39, 0.29) is 17.0 Å². The third-order valence-corrected chi connectivity index (χ3v) is 5.51. The van der Waals surface area contributed by atoms with Crippen LogP contribution in [-0.2, 0) is 10.0 Å². The van der Waals surface area contributed by atoms with Crippen LogP contribution in [0.1, 0.15) is 23.2 Å². The first-order valence-electron chi connectivity index (χ1n) is 6.60. The zero-order chi connectivity index (χ0) is 15.9. The average Bonchev–Trinajstić information content (AvgIpc) is 3.24. The number of aromatic nitrogens is 2. The van der Waals surface area contributed by atoms with Crippen molar-refractivity contribution in [3.8, 4) is 17.0 Å². The van der Waals surface area contributed by atoms with Crippen LogP contribution in [0.4, 0.5) is 4.39 Å². The van der Waals surface area contributed by atoms with E-state index in [0.717, 1.165) is 10.2 Å². The van der Waals surface area contributed by atoms with Gasteiger partial charge in [-0.2, -0.15) is 9.19 Å². The summed E-state index contributed by atoms with van der Waals surface area (Å²) in [5.41, 5.74) is 0.621. The highest BCUT2D eigenvalue weighted by Gasteiger charge is 2.37. The molecule has 1 fully saturated rings. The second-order valence-corrected chi connectivity index (χ2v) is 7.09. The van der Waals surface area contributed by atoms with Gasteiger partial charge in [0.05, 0.1) is 23.6 Å². The number of hydrogen-bond donors (Lipinski definition) is 0. The largest absolute Gasteiger partial charge is 0.493 e. The van der Waals surface area contributed by atoms with Crippen molar-refractivity contribution >= 4 is 16.3 Å². The molecular weight excluding hydrogens is 311 g/mol. The number of aldehydes is 1. The van der Waals surface area contributed by atoms with Crippen molar-refractivity contribution in [2.45, 2.75) is 18.1 Å². The van der Waals surface area contributed by atoms with E-state index >= 15 is 0 Å². The molecule has 22 heavy (non-hydrogen) atoms. The first kappa shape index (κ1) is 14.7. The summed E-state index contributed by atoms with van der Waals surface area (Å²) in [7, 11) is -2.21. The zero-order valence-corrected chi connectivity index (χ0v) is 12.5. The number of methoxy groups -OCH3 is 1. The third kappa shape index (κ3) is 2.39. The van der Waals surface area contributed by atoms with Crippen LogP contribution in [0.2, 0.25) is 0 Å². The minimum atomic E-state index is -3.47. The van der Waals surface area contributed by atoms with Gasteiger partial charge >= 0.3 is 0 Å². The summed E-state index contributed by atoms with van der Waals surface area (Å²) in [6.45, 7) is 0. The van der Waals surface area contributed by atoms with Gasteiger partial charge in [-0.15, -0.1) is 0 Å². The number of benzene rings is 1. The minimum Gasteiger partial charge on any atom is -0.493 e. The Kier molecular flexibility index (Phi) is 3.48. The van der Waals surface area contributed by atoms with Crippen LogP contribution in [0.3, 0.4) is 0 Å². The lowest BCUT2D eigenvalue weighted by atomic mass is 10.1. The number of rotatable bonds is 5. The molecule has 0 aliphatic heterocycles. The van der Waals surface area contributed by atoms with Gasteiger partial charge in [0.1, 0.15) is 0 Å². The van der Waals surface area contributed by atoms with E-state index in [9.17, 15) is 17.6 Å². The van der Waals surface area contributed by atoms with Gasteiger partial charge in [-0.1, -0.05) is 0 Å². The SMILES string of the molecule is COc1c(F)cc(-c2ccn(S(=O)(=O)C3CC3)n2)cc1C=O. The summed E-state index contributed by atoms with van der Waals surface area (Å²) in [6, 6.07) is 4.03. The lowest BCUT2D eigenvalue weighted by molar-refractivity contribution is 0.112. The molecular formula is C14H13FN2O4S. The number of ether oxygens (including phenoxy) is 1. The smallest absolute Gasteiger partial charge is 0.256 e. The summed E-state index contributed by atoms with van der Waals surface area (Å²) >= 11 is 0. The van der Waals surface area contributed by atoms with Crippen LogP contribution in [0.5, 0.6) is 5.75 Å². The fourth-order valence-electron chi connectivity index (χ4n) is 2.19. The molecule has 116 valence electrons. The molecule has 0 spiro atoms. The van der Waals surface area contributed by atoms with Crippen molar-refractivity contribution in [1.82, 2.24) is 9.19 Å². The Labute approximate surface area is 126 Å². The summed E-state index contributed by atoms with van der Waals surface area (Å²) < 4.78 is 43.8. The normalized spacial score (nSPS) is 14.8. The van der Waals surface area contributed by atoms with E-state index in [4.69, 9.17) is 4.74 Å². The average molecular weight is 324 g/mol. The first-order valence-corrected chi connectivity index (χ1v) is 8.11. The van der Waals surface area contributed by atoms with Crippen LogP contribution in [0, 0.1) is 5.82 Å². The highest BCUT2D eigenvalue weighted by atomic mass is 32.2. The standard InChI is InChI=1S/C14H13FN2O4S/c1-21-14-10(8-18)6-9(7-12(14)15)13-4-5-17(16-13)22(19,20)11-2-3-11/h4-8,11H,2-3H2,1H3. The maximum absolute atomic E-state index is 13.9. The summed E-state index contributed by atoms with van der Waals surface area (Å²) in [4.78, 5) is 11.0. The molecule has 1 aromatic heterocycles. The predicted molar refractivity (Wildman–Crippen MR) is 76.9 cm³/mol. The molecule has 1 aromatic carbocycles. The van der Waals surface area contributed by atoms with Crippen molar-refractivity contribution in [1.29, 1.82) is 0 Å². The van der Waals surface area contributed by atoms with Crippen molar-refractivity contribution in [3.05, 3.63) is 35.8 Å². The summed E-state index contributed by atoms with van der Waals surface area (Å²) in [6.07, 6.45) is 3.06. The molecule has 2 aromatic rings. The third-order valence-electron chi connectivity index (χ3n) is 3.47. The molecule has 3 rings (SSSR count). The Morgan fingerprint density at radius 3 is 2.73 bits per heavy atom. The van der Waals surface area contributed by atoms with Gasteiger partial charge in [-0.25, -0.2) is 12.8 Å². The fraction of sp³-hybridized carbons (Fsp3) is 0.286. The highest BCUT2D eigenvalue weighted by molar-refractivity contribution is 7.90. The lowest BCUT2D eigenvalue weighted by Crippen LogP contribution is -2.17. The van der Waals surface area contributed by atoms with E-state index in [1.54, 1.807) is 0 Å². The van der Waals surface area contributed by atoms with E-state index in [0.29, 0.717) is 24.7 Å². The minimum absolute atomic E-state index is 0.0390. The quantitative estimate of drug-likeness (QED) is 0.784. The van der Waals surface area contributed by atoms with Gasteiger partial charge < -0.3 is 4.74 Å². The molecule has 0 bridgehead atoms. The van der Waals surface area contributed by atoms with E-state index in [1.165, 1.54) is 25.4 Å². The van der Waals surface area contributed by atoms with E-state index < -0.39 is 21.1 Å². The van der Waals surface area contributed by atoms with Gasteiger partial charge in [0.15, 0.2) is 17.9 Å². The Bertz CT molecular complexity index is 841. The number of carbonyl (C=O) groups is 1. The Morgan fingerprint density at radius 1 is 1.41 bits per heavy atom. The first-order chi connectivity index (χ1) is 10.5. The molecule has 0 radical (unpaired) electrons. The van der Waals surface area contributed by atoms with Crippen molar-refractivity contribution in [2.24, 2.45) is 0 Å². The Morgan fingerprint density at radius 2 is 2.14 bits per heavy atom.